The maximum Gasteiger partial charge on any atom is 0.0516 e. The molecule has 16 heavy (non-hydrogen) atoms. The number of thiophene rings is 1. The van der Waals surface area contributed by atoms with Gasteiger partial charge in [0.2, 0.25) is 0 Å². The largest absolute Gasteiger partial charge is 0.327 e. The molecule has 0 spiro atoms. The first-order valence-corrected chi connectivity index (χ1v) is 7.15. The fourth-order valence-electron chi connectivity index (χ4n) is 2.36. The van der Waals surface area contributed by atoms with Crippen LogP contribution in [0.4, 0.5) is 0 Å². The third-order valence-electron chi connectivity index (χ3n) is 3.40. The number of piperidine rings is 1. The molecule has 2 N–H and O–H groups in total. The van der Waals surface area contributed by atoms with Gasteiger partial charge in [-0.05, 0) is 18.4 Å². The topological polar surface area (TPSA) is 29.3 Å². The van der Waals surface area contributed by atoms with Gasteiger partial charge in [-0.2, -0.15) is 0 Å². The molecule has 2 nitrogen and oxygen atoms in total. The zero-order valence-electron chi connectivity index (χ0n) is 9.66. The highest BCUT2D eigenvalue weighted by atomic mass is 35.5. The molecule has 2 atom stereocenters. The summed E-state index contributed by atoms with van der Waals surface area (Å²) in [5.41, 5.74) is 6.10. The SMILES string of the molecule is CCC1CN(Cc2cc(Cl)cs2)CCC1N. The molecule has 4 heteroatoms. The van der Waals surface area contributed by atoms with Crippen molar-refractivity contribution in [2.45, 2.75) is 32.4 Å². The van der Waals surface area contributed by atoms with Crippen molar-refractivity contribution in [1.82, 2.24) is 4.90 Å². The number of halogens is 1. The Bertz CT molecular complexity index is 340. The van der Waals surface area contributed by atoms with Crippen LogP contribution in [0.5, 0.6) is 0 Å². The molecule has 1 aliphatic heterocycles. The van der Waals surface area contributed by atoms with E-state index in [0.717, 1.165) is 31.1 Å². The van der Waals surface area contributed by atoms with Crippen LogP contribution in [0, 0.1) is 5.92 Å². The van der Waals surface area contributed by atoms with Crippen molar-refractivity contribution in [1.29, 1.82) is 0 Å². The van der Waals surface area contributed by atoms with Gasteiger partial charge >= 0.3 is 0 Å². The highest BCUT2D eigenvalue weighted by Gasteiger charge is 2.25. The minimum Gasteiger partial charge on any atom is -0.327 e. The van der Waals surface area contributed by atoms with Crippen molar-refractivity contribution in [2.75, 3.05) is 13.1 Å². The molecule has 0 aromatic carbocycles. The second-order valence-corrected chi connectivity index (χ2v) is 6.02. The molecule has 1 aromatic rings. The Morgan fingerprint density at radius 3 is 3.06 bits per heavy atom. The number of nitrogens with zero attached hydrogens (tertiary/aromatic N) is 1. The lowest BCUT2D eigenvalue weighted by Gasteiger charge is -2.36. The fourth-order valence-corrected chi connectivity index (χ4v) is 3.47. The normalized spacial score (nSPS) is 27.2. The zero-order chi connectivity index (χ0) is 11.5. The van der Waals surface area contributed by atoms with Crippen molar-refractivity contribution < 1.29 is 0 Å². The molecule has 1 aromatic heterocycles. The van der Waals surface area contributed by atoms with Gasteiger partial charge in [0.1, 0.15) is 0 Å². The van der Waals surface area contributed by atoms with Crippen LogP contribution in [0.2, 0.25) is 5.02 Å². The Balaban J connectivity index is 1.91. The zero-order valence-corrected chi connectivity index (χ0v) is 11.2. The van der Waals surface area contributed by atoms with E-state index in [2.05, 4.69) is 17.9 Å². The van der Waals surface area contributed by atoms with Gasteiger partial charge in [0.05, 0.1) is 5.02 Å². The molecule has 0 saturated carbocycles. The molecule has 0 bridgehead atoms. The van der Waals surface area contributed by atoms with E-state index < -0.39 is 0 Å². The number of likely N-dealkylation sites (tertiary alicyclic amines) is 1. The van der Waals surface area contributed by atoms with Gasteiger partial charge < -0.3 is 5.73 Å². The highest BCUT2D eigenvalue weighted by molar-refractivity contribution is 7.10. The van der Waals surface area contributed by atoms with Crippen LogP contribution in [-0.2, 0) is 6.54 Å². The van der Waals surface area contributed by atoms with Crippen LogP contribution in [0.3, 0.4) is 0 Å². The number of hydrogen-bond donors (Lipinski definition) is 1. The molecule has 1 saturated heterocycles. The van der Waals surface area contributed by atoms with Crippen molar-refractivity contribution in [2.24, 2.45) is 11.7 Å². The Kier molecular flexibility index (Phi) is 4.25. The van der Waals surface area contributed by atoms with Crippen LogP contribution in [0.25, 0.3) is 0 Å². The maximum atomic E-state index is 6.10. The number of nitrogens with two attached hydrogens (primary N) is 1. The van der Waals surface area contributed by atoms with Crippen LogP contribution in [0.1, 0.15) is 24.6 Å². The van der Waals surface area contributed by atoms with Crippen LogP contribution in [0.15, 0.2) is 11.4 Å². The highest BCUT2D eigenvalue weighted by Crippen LogP contribution is 2.24. The molecule has 90 valence electrons. The Labute approximate surface area is 106 Å². The van der Waals surface area contributed by atoms with E-state index in [0.29, 0.717) is 12.0 Å². The van der Waals surface area contributed by atoms with E-state index in [1.54, 1.807) is 11.3 Å². The van der Waals surface area contributed by atoms with E-state index in [-0.39, 0.29) is 0 Å². The molecule has 1 aliphatic rings. The second-order valence-electron chi connectivity index (χ2n) is 4.59. The van der Waals surface area contributed by atoms with E-state index in [1.807, 2.05) is 5.38 Å². The predicted molar refractivity (Wildman–Crippen MR) is 71.0 cm³/mol. The van der Waals surface area contributed by atoms with Crippen molar-refractivity contribution in [3.8, 4) is 0 Å². The molecule has 0 amide bonds. The molecule has 2 rings (SSSR count). The molecule has 2 heterocycles. The predicted octanol–water partition coefficient (Wildman–Crippen LogP) is 2.96. The summed E-state index contributed by atoms with van der Waals surface area (Å²) < 4.78 is 0. The molecule has 1 fully saturated rings. The second kappa shape index (κ2) is 5.50. The van der Waals surface area contributed by atoms with E-state index in [1.165, 1.54) is 11.3 Å². The van der Waals surface area contributed by atoms with Crippen LogP contribution >= 0.6 is 22.9 Å². The lowest BCUT2D eigenvalue weighted by atomic mass is 9.91. The minimum absolute atomic E-state index is 0.396. The lowest BCUT2D eigenvalue weighted by molar-refractivity contribution is 0.146. The van der Waals surface area contributed by atoms with Gasteiger partial charge in [0, 0.05) is 35.9 Å². The van der Waals surface area contributed by atoms with Gasteiger partial charge in [-0.15, -0.1) is 11.3 Å². The van der Waals surface area contributed by atoms with Gasteiger partial charge in [0.15, 0.2) is 0 Å². The quantitative estimate of drug-likeness (QED) is 0.903. The smallest absolute Gasteiger partial charge is 0.0516 e. The Morgan fingerprint density at radius 2 is 2.44 bits per heavy atom. The first kappa shape index (κ1) is 12.4. The third-order valence-corrected chi connectivity index (χ3v) is 4.67. The first-order valence-electron chi connectivity index (χ1n) is 5.90. The molecular formula is C12H19ClN2S. The average molecular weight is 259 g/mol. The third kappa shape index (κ3) is 2.98. The summed E-state index contributed by atoms with van der Waals surface area (Å²) in [6.45, 7) is 5.51. The summed E-state index contributed by atoms with van der Waals surface area (Å²) in [4.78, 5) is 3.86. The Morgan fingerprint density at radius 1 is 1.62 bits per heavy atom. The minimum atomic E-state index is 0.396. The van der Waals surface area contributed by atoms with E-state index in [9.17, 15) is 0 Å². The van der Waals surface area contributed by atoms with Gasteiger partial charge in [-0.3, -0.25) is 4.90 Å². The number of hydrogen-bond acceptors (Lipinski definition) is 3. The molecule has 2 unspecified atom stereocenters. The lowest BCUT2D eigenvalue weighted by Crippen LogP contribution is -2.46. The average Bonchev–Trinajstić information content (AvgIpc) is 2.67. The monoisotopic (exact) mass is 258 g/mol. The maximum absolute atomic E-state index is 6.10. The van der Waals surface area contributed by atoms with Gasteiger partial charge in [0.25, 0.3) is 0 Å². The van der Waals surface area contributed by atoms with Crippen molar-refractivity contribution >= 4 is 22.9 Å². The summed E-state index contributed by atoms with van der Waals surface area (Å²) in [5.74, 6) is 0.657. The van der Waals surface area contributed by atoms with Crippen molar-refractivity contribution in [3.63, 3.8) is 0 Å². The fraction of sp³-hybridized carbons (Fsp3) is 0.667. The summed E-state index contributed by atoms with van der Waals surface area (Å²) >= 11 is 7.68. The number of rotatable bonds is 3. The summed E-state index contributed by atoms with van der Waals surface area (Å²) in [5, 5.41) is 2.87. The summed E-state index contributed by atoms with van der Waals surface area (Å²) in [6.07, 6.45) is 2.31. The molecule has 0 radical (unpaired) electrons. The van der Waals surface area contributed by atoms with E-state index >= 15 is 0 Å². The summed E-state index contributed by atoms with van der Waals surface area (Å²) in [7, 11) is 0. The summed E-state index contributed by atoms with van der Waals surface area (Å²) in [6, 6.07) is 2.47. The van der Waals surface area contributed by atoms with Crippen LogP contribution in [-0.4, -0.2) is 24.0 Å². The molecular weight excluding hydrogens is 240 g/mol. The first-order chi connectivity index (χ1) is 7.69. The van der Waals surface area contributed by atoms with Gasteiger partial charge in [-0.1, -0.05) is 24.9 Å². The van der Waals surface area contributed by atoms with E-state index in [4.69, 9.17) is 17.3 Å². The van der Waals surface area contributed by atoms with Gasteiger partial charge in [-0.25, -0.2) is 0 Å². The standard InChI is InChI=1S/C12H19ClN2S/c1-2-9-6-15(4-3-12(9)14)7-11-5-10(13)8-16-11/h5,8-9,12H,2-4,6-7,14H2,1H3. The molecule has 0 aliphatic carbocycles. The Hall–Kier alpha value is -0.0900. The van der Waals surface area contributed by atoms with Crippen molar-refractivity contribution in [3.05, 3.63) is 21.3 Å². The van der Waals surface area contributed by atoms with Crippen LogP contribution < -0.4 is 5.73 Å².